The van der Waals surface area contributed by atoms with Gasteiger partial charge in [0.25, 0.3) is 0 Å². The van der Waals surface area contributed by atoms with Gasteiger partial charge in [0.1, 0.15) is 11.5 Å². The topological polar surface area (TPSA) is 64.4 Å². The first-order chi connectivity index (χ1) is 9.63. The second kappa shape index (κ2) is 6.93. The van der Waals surface area contributed by atoms with Gasteiger partial charge in [0.2, 0.25) is 5.91 Å². The molecule has 0 saturated heterocycles. The molecule has 1 amide bonds. The van der Waals surface area contributed by atoms with E-state index < -0.39 is 0 Å². The van der Waals surface area contributed by atoms with Crippen LogP contribution in [-0.2, 0) is 11.3 Å². The highest BCUT2D eigenvalue weighted by Gasteiger charge is 1.99. The Bertz CT molecular complexity index is 567. The average Bonchev–Trinajstić information content (AvgIpc) is 2.43. The van der Waals surface area contributed by atoms with Crippen molar-refractivity contribution >= 4 is 17.5 Å². The van der Waals surface area contributed by atoms with Crippen molar-refractivity contribution in [2.75, 3.05) is 6.54 Å². The second-order valence-corrected chi connectivity index (χ2v) is 4.71. The van der Waals surface area contributed by atoms with Gasteiger partial charge in [-0.2, -0.15) is 0 Å². The van der Waals surface area contributed by atoms with Crippen molar-refractivity contribution in [2.45, 2.75) is 6.54 Å². The van der Waals surface area contributed by atoms with Gasteiger partial charge >= 0.3 is 0 Å². The molecule has 0 radical (unpaired) electrons. The van der Waals surface area contributed by atoms with Crippen molar-refractivity contribution in [3.63, 3.8) is 0 Å². The monoisotopic (exact) mass is 290 g/mol. The van der Waals surface area contributed by atoms with E-state index in [4.69, 9.17) is 22.1 Å². The van der Waals surface area contributed by atoms with E-state index in [-0.39, 0.29) is 12.5 Å². The van der Waals surface area contributed by atoms with Crippen LogP contribution < -0.4 is 15.8 Å². The van der Waals surface area contributed by atoms with E-state index in [9.17, 15) is 4.79 Å². The number of halogens is 1. The Balaban J connectivity index is 1.91. The zero-order chi connectivity index (χ0) is 14.4. The fourth-order valence-electron chi connectivity index (χ4n) is 1.64. The summed E-state index contributed by atoms with van der Waals surface area (Å²) < 4.78 is 5.68. The molecule has 0 aliphatic rings. The summed E-state index contributed by atoms with van der Waals surface area (Å²) in [7, 11) is 0. The molecule has 0 fully saturated rings. The third-order valence-corrected chi connectivity index (χ3v) is 2.85. The average molecular weight is 291 g/mol. The van der Waals surface area contributed by atoms with Crippen molar-refractivity contribution in [1.82, 2.24) is 5.32 Å². The Kier molecular flexibility index (Phi) is 4.98. The zero-order valence-corrected chi connectivity index (χ0v) is 11.6. The number of nitrogens with one attached hydrogen (secondary N) is 1. The molecule has 0 bridgehead atoms. The number of benzene rings is 2. The van der Waals surface area contributed by atoms with Crippen molar-refractivity contribution in [3.8, 4) is 11.5 Å². The van der Waals surface area contributed by atoms with Crippen LogP contribution in [0.5, 0.6) is 11.5 Å². The van der Waals surface area contributed by atoms with Crippen LogP contribution >= 0.6 is 11.6 Å². The number of primary amides is 1. The van der Waals surface area contributed by atoms with E-state index >= 15 is 0 Å². The summed E-state index contributed by atoms with van der Waals surface area (Å²) in [6.07, 6.45) is 0. The lowest BCUT2D eigenvalue weighted by Crippen LogP contribution is -2.28. The predicted octanol–water partition coefficient (Wildman–Crippen LogP) is 2.71. The summed E-state index contributed by atoms with van der Waals surface area (Å²) in [4.78, 5) is 10.6. The van der Waals surface area contributed by atoms with Gasteiger partial charge in [-0.05, 0) is 42.0 Å². The SMILES string of the molecule is NC(=O)CNCc1ccc(Oc2ccc(Cl)cc2)cc1. The van der Waals surface area contributed by atoms with E-state index in [1.807, 2.05) is 36.4 Å². The predicted molar refractivity (Wildman–Crippen MR) is 78.9 cm³/mol. The van der Waals surface area contributed by atoms with E-state index in [0.717, 1.165) is 17.1 Å². The molecule has 0 aromatic heterocycles. The molecular weight excluding hydrogens is 276 g/mol. The lowest BCUT2D eigenvalue weighted by atomic mass is 10.2. The molecule has 0 atom stereocenters. The molecule has 2 rings (SSSR count). The maximum atomic E-state index is 10.6. The van der Waals surface area contributed by atoms with Gasteiger partial charge in [-0.15, -0.1) is 0 Å². The fourth-order valence-corrected chi connectivity index (χ4v) is 1.77. The molecule has 0 aliphatic heterocycles. The minimum absolute atomic E-state index is 0.170. The Labute approximate surface area is 122 Å². The summed E-state index contributed by atoms with van der Waals surface area (Å²) in [6, 6.07) is 14.8. The molecule has 0 heterocycles. The minimum Gasteiger partial charge on any atom is -0.457 e. The van der Waals surface area contributed by atoms with Gasteiger partial charge in [0.15, 0.2) is 0 Å². The van der Waals surface area contributed by atoms with Gasteiger partial charge < -0.3 is 15.8 Å². The normalized spacial score (nSPS) is 10.2. The van der Waals surface area contributed by atoms with E-state index in [2.05, 4.69) is 5.32 Å². The molecule has 0 spiro atoms. The van der Waals surface area contributed by atoms with Crippen LogP contribution in [0, 0.1) is 0 Å². The van der Waals surface area contributed by atoms with Crippen molar-refractivity contribution < 1.29 is 9.53 Å². The highest BCUT2D eigenvalue weighted by atomic mass is 35.5. The van der Waals surface area contributed by atoms with Crippen LogP contribution in [0.25, 0.3) is 0 Å². The Hall–Kier alpha value is -2.04. The number of amides is 1. The van der Waals surface area contributed by atoms with E-state index in [1.54, 1.807) is 12.1 Å². The van der Waals surface area contributed by atoms with Crippen LogP contribution in [0.4, 0.5) is 0 Å². The van der Waals surface area contributed by atoms with Gasteiger partial charge in [-0.1, -0.05) is 23.7 Å². The third kappa shape index (κ3) is 4.57. The molecule has 2 aromatic carbocycles. The number of rotatable bonds is 6. The summed E-state index contributed by atoms with van der Waals surface area (Å²) in [5.74, 6) is 1.10. The number of hydrogen-bond acceptors (Lipinski definition) is 3. The number of hydrogen-bond donors (Lipinski definition) is 2. The van der Waals surface area contributed by atoms with Crippen LogP contribution in [0.1, 0.15) is 5.56 Å². The molecular formula is C15H15ClN2O2. The zero-order valence-electron chi connectivity index (χ0n) is 10.8. The largest absolute Gasteiger partial charge is 0.457 e. The van der Waals surface area contributed by atoms with Gasteiger partial charge in [0, 0.05) is 11.6 Å². The van der Waals surface area contributed by atoms with E-state index in [0.29, 0.717) is 11.6 Å². The van der Waals surface area contributed by atoms with Crippen LogP contribution in [0.3, 0.4) is 0 Å². The maximum Gasteiger partial charge on any atom is 0.231 e. The van der Waals surface area contributed by atoms with Crippen LogP contribution in [0.15, 0.2) is 48.5 Å². The van der Waals surface area contributed by atoms with Crippen LogP contribution in [-0.4, -0.2) is 12.5 Å². The Morgan fingerprint density at radius 1 is 1.05 bits per heavy atom. The lowest BCUT2D eigenvalue weighted by Gasteiger charge is -2.07. The fraction of sp³-hybridized carbons (Fsp3) is 0.133. The highest BCUT2D eigenvalue weighted by molar-refractivity contribution is 6.30. The number of nitrogens with two attached hydrogens (primary N) is 1. The number of carbonyl (C=O) groups is 1. The highest BCUT2D eigenvalue weighted by Crippen LogP contribution is 2.23. The number of ether oxygens (including phenoxy) is 1. The minimum atomic E-state index is -0.368. The molecule has 104 valence electrons. The molecule has 5 heteroatoms. The van der Waals surface area contributed by atoms with Gasteiger partial charge in [-0.25, -0.2) is 0 Å². The standard InChI is InChI=1S/C15H15ClN2O2/c16-12-3-7-14(8-4-12)20-13-5-1-11(2-6-13)9-18-10-15(17)19/h1-8,18H,9-10H2,(H2,17,19). The third-order valence-electron chi connectivity index (χ3n) is 2.60. The number of carbonyl (C=O) groups excluding carboxylic acids is 1. The molecule has 0 saturated carbocycles. The summed E-state index contributed by atoms with van der Waals surface area (Å²) in [5, 5.41) is 3.62. The van der Waals surface area contributed by atoms with Gasteiger partial charge in [-0.3, -0.25) is 4.79 Å². The lowest BCUT2D eigenvalue weighted by molar-refractivity contribution is -0.117. The van der Waals surface area contributed by atoms with Gasteiger partial charge in [0.05, 0.1) is 6.54 Å². The van der Waals surface area contributed by atoms with E-state index in [1.165, 1.54) is 0 Å². The maximum absolute atomic E-state index is 10.6. The summed E-state index contributed by atoms with van der Waals surface area (Å²) >= 11 is 5.81. The molecule has 3 N–H and O–H groups in total. The first-order valence-electron chi connectivity index (χ1n) is 6.15. The molecule has 2 aromatic rings. The van der Waals surface area contributed by atoms with Crippen molar-refractivity contribution in [2.24, 2.45) is 5.73 Å². The molecule has 20 heavy (non-hydrogen) atoms. The molecule has 0 unspecified atom stereocenters. The Morgan fingerprint density at radius 2 is 1.60 bits per heavy atom. The first-order valence-corrected chi connectivity index (χ1v) is 6.52. The summed E-state index contributed by atoms with van der Waals surface area (Å²) in [6.45, 7) is 0.757. The molecule has 4 nitrogen and oxygen atoms in total. The van der Waals surface area contributed by atoms with Crippen molar-refractivity contribution in [1.29, 1.82) is 0 Å². The smallest absolute Gasteiger partial charge is 0.231 e. The quantitative estimate of drug-likeness (QED) is 0.860. The van der Waals surface area contributed by atoms with Crippen LogP contribution in [0.2, 0.25) is 5.02 Å². The Morgan fingerprint density at radius 3 is 2.15 bits per heavy atom. The molecule has 0 aliphatic carbocycles. The first kappa shape index (κ1) is 14.4. The second-order valence-electron chi connectivity index (χ2n) is 4.27. The van der Waals surface area contributed by atoms with Crippen molar-refractivity contribution in [3.05, 3.63) is 59.1 Å². The summed E-state index contributed by atoms with van der Waals surface area (Å²) in [5.41, 5.74) is 6.10.